The number of hydrogen-bond acceptors (Lipinski definition) is 3. The Morgan fingerprint density at radius 1 is 1.39 bits per heavy atom. The van der Waals surface area contributed by atoms with Gasteiger partial charge in [-0.25, -0.2) is 0 Å². The lowest BCUT2D eigenvalue weighted by atomic mass is 10.1. The first-order valence-corrected chi connectivity index (χ1v) is 5.97. The maximum Gasteiger partial charge on any atom is 0.112 e. The summed E-state index contributed by atoms with van der Waals surface area (Å²) in [6.07, 6.45) is 0.131. The highest BCUT2D eigenvalue weighted by Crippen LogP contribution is 2.29. The fraction of sp³-hybridized carbons (Fsp3) is 0.462. The molecule has 0 radical (unpaired) electrons. The summed E-state index contributed by atoms with van der Waals surface area (Å²) in [5.74, 6) is 0. The van der Waals surface area contributed by atoms with Crippen molar-refractivity contribution < 1.29 is 4.74 Å². The number of aromatic nitrogens is 2. The summed E-state index contributed by atoms with van der Waals surface area (Å²) in [6.45, 7) is 2.50. The van der Waals surface area contributed by atoms with Gasteiger partial charge in [-0.3, -0.25) is 4.68 Å². The lowest BCUT2D eigenvalue weighted by Crippen LogP contribution is -2.29. The van der Waals surface area contributed by atoms with E-state index < -0.39 is 0 Å². The predicted octanol–water partition coefficient (Wildman–Crippen LogP) is 2.09. The minimum Gasteiger partial charge on any atom is -0.369 e. The molecule has 1 aliphatic heterocycles. The molecule has 2 aromatic rings. The molecular formula is C13H18ClN3O. The molecule has 1 aliphatic rings. The molecule has 1 atom stereocenters. The molecule has 1 aromatic heterocycles. The molecule has 0 saturated carbocycles. The zero-order chi connectivity index (χ0) is 11.8. The first kappa shape index (κ1) is 13.3. The van der Waals surface area contributed by atoms with E-state index >= 15 is 0 Å². The summed E-state index contributed by atoms with van der Waals surface area (Å²) < 4.78 is 7.98. The SMILES string of the molecule is CN(C)CC1OCCn2nc3ccccc3c21.Cl. The van der Waals surface area contributed by atoms with Gasteiger partial charge in [0.1, 0.15) is 6.10 Å². The lowest BCUT2D eigenvalue weighted by molar-refractivity contribution is 0.00345. The zero-order valence-electron chi connectivity index (χ0n) is 10.7. The third-order valence-corrected chi connectivity index (χ3v) is 3.14. The normalized spacial score (nSPS) is 18.7. The van der Waals surface area contributed by atoms with Gasteiger partial charge in [0, 0.05) is 11.9 Å². The monoisotopic (exact) mass is 267 g/mol. The highest BCUT2D eigenvalue weighted by Gasteiger charge is 2.25. The van der Waals surface area contributed by atoms with Crippen molar-refractivity contribution in [1.82, 2.24) is 14.7 Å². The molecule has 18 heavy (non-hydrogen) atoms. The Hall–Kier alpha value is -1.10. The maximum absolute atomic E-state index is 5.88. The van der Waals surface area contributed by atoms with Crippen LogP contribution < -0.4 is 0 Å². The Labute approximate surface area is 113 Å². The van der Waals surface area contributed by atoms with Crippen LogP contribution in [-0.2, 0) is 11.3 Å². The molecule has 0 fully saturated rings. The molecule has 3 rings (SSSR count). The fourth-order valence-corrected chi connectivity index (χ4v) is 2.44. The molecule has 98 valence electrons. The van der Waals surface area contributed by atoms with Crippen molar-refractivity contribution in [3.8, 4) is 0 Å². The minimum absolute atomic E-state index is 0. The van der Waals surface area contributed by atoms with Gasteiger partial charge in [0.15, 0.2) is 0 Å². The van der Waals surface area contributed by atoms with E-state index in [1.807, 2.05) is 6.07 Å². The zero-order valence-corrected chi connectivity index (χ0v) is 11.5. The number of benzene rings is 1. The molecule has 0 amide bonds. The van der Waals surface area contributed by atoms with Crippen LogP contribution in [0.5, 0.6) is 0 Å². The first-order valence-electron chi connectivity index (χ1n) is 5.97. The van der Waals surface area contributed by atoms with Crippen molar-refractivity contribution in [2.75, 3.05) is 27.2 Å². The van der Waals surface area contributed by atoms with Crippen LogP contribution in [0.25, 0.3) is 10.9 Å². The number of hydrogen-bond donors (Lipinski definition) is 0. The van der Waals surface area contributed by atoms with Crippen LogP contribution in [0.4, 0.5) is 0 Å². The van der Waals surface area contributed by atoms with Crippen molar-refractivity contribution in [2.45, 2.75) is 12.6 Å². The van der Waals surface area contributed by atoms with E-state index in [0.29, 0.717) is 0 Å². The molecule has 0 saturated heterocycles. The molecule has 5 heteroatoms. The number of rotatable bonds is 2. The first-order chi connectivity index (χ1) is 8.25. The molecule has 0 bridgehead atoms. The van der Waals surface area contributed by atoms with Gasteiger partial charge in [-0.15, -0.1) is 12.4 Å². The Balaban J connectivity index is 0.00000120. The van der Waals surface area contributed by atoms with Gasteiger partial charge in [-0.05, 0) is 20.2 Å². The Morgan fingerprint density at radius 3 is 2.94 bits per heavy atom. The molecule has 1 aromatic carbocycles. The molecule has 0 spiro atoms. The third-order valence-electron chi connectivity index (χ3n) is 3.14. The lowest BCUT2D eigenvalue weighted by Gasteiger charge is -2.27. The molecule has 2 heterocycles. The highest BCUT2D eigenvalue weighted by atomic mass is 35.5. The number of ether oxygens (including phenoxy) is 1. The average molecular weight is 268 g/mol. The number of halogens is 1. The molecule has 4 nitrogen and oxygen atoms in total. The van der Waals surface area contributed by atoms with Gasteiger partial charge in [-0.2, -0.15) is 5.10 Å². The molecule has 0 aliphatic carbocycles. The van der Waals surface area contributed by atoms with Crippen LogP contribution in [0.2, 0.25) is 0 Å². The van der Waals surface area contributed by atoms with Gasteiger partial charge in [0.05, 0.1) is 24.4 Å². The van der Waals surface area contributed by atoms with E-state index in [0.717, 1.165) is 25.2 Å². The van der Waals surface area contributed by atoms with E-state index in [-0.39, 0.29) is 18.5 Å². The van der Waals surface area contributed by atoms with Gasteiger partial charge < -0.3 is 9.64 Å². The van der Waals surface area contributed by atoms with E-state index in [4.69, 9.17) is 4.74 Å². The average Bonchev–Trinajstić information content (AvgIpc) is 2.67. The quantitative estimate of drug-likeness (QED) is 0.835. The standard InChI is InChI=1S/C13H17N3O.ClH/c1-15(2)9-12-13-10-5-3-4-6-11(10)14-16(13)7-8-17-12;/h3-6,12H,7-9H2,1-2H3;1H. The summed E-state index contributed by atoms with van der Waals surface area (Å²) in [5.41, 5.74) is 2.29. The van der Waals surface area contributed by atoms with E-state index in [9.17, 15) is 0 Å². The Morgan fingerprint density at radius 2 is 2.17 bits per heavy atom. The fourth-order valence-electron chi connectivity index (χ4n) is 2.44. The Bertz CT molecular complexity index is 538. The van der Waals surface area contributed by atoms with Crippen molar-refractivity contribution in [3.05, 3.63) is 30.0 Å². The van der Waals surface area contributed by atoms with Crippen molar-refractivity contribution >= 4 is 23.3 Å². The number of likely N-dealkylation sites (N-methyl/N-ethyl adjacent to an activating group) is 1. The van der Waals surface area contributed by atoms with E-state index in [2.05, 4.69) is 47.0 Å². The topological polar surface area (TPSA) is 30.3 Å². The summed E-state index contributed by atoms with van der Waals surface area (Å²) in [7, 11) is 4.14. The van der Waals surface area contributed by atoms with Gasteiger partial charge in [-0.1, -0.05) is 18.2 Å². The summed E-state index contributed by atoms with van der Waals surface area (Å²) in [5, 5.41) is 5.85. The van der Waals surface area contributed by atoms with Crippen LogP contribution in [0.1, 0.15) is 11.8 Å². The summed E-state index contributed by atoms with van der Waals surface area (Å²) >= 11 is 0. The van der Waals surface area contributed by atoms with Crippen LogP contribution in [0.15, 0.2) is 24.3 Å². The second-order valence-electron chi connectivity index (χ2n) is 4.75. The van der Waals surface area contributed by atoms with Crippen LogP contribution in [-0.4, -0.2) is 41.9 Å². The van der Waals surface area contributed by atoms with Crippen LogP contribution in [0, 0.1) is 0 Å². The smallest absolute Gasteiger partial charge is 0.112 e. The molecular weight excluding hydrogens is 250 g/mol. The summed E-state index contributed by atoms with van der Waals surface area (Å²) in [4.78, 5) is 2.15. The van der Waals surface area contributed by atoms with Crippen molar-refractivity contribution in [1.29, 1.82) is 0 Å². The predicted molar refractivity (Wildman–Crippen MR) is 74.2 cm³/mol. The largest absolute Gasteiger partial charge is 0.369 e. The maximum atomic E-state index is 5.88. The summed E-state index contributed by atoms with van der Waals surface area (Å²) in [6, 6.07) is 8.29. The second-order valence-corrected chi connectivity index (χ2v) is 4.75. The molecule has 0 N–H and O–H groups in total. The number of nitrogens with zero attached hydrogens (tertiary/aromatic N) is 3. The van der Waals surface area contributed by atoms with Gasteiger partial charge >= 0.3 is 0 Å². The van der Waals surface area contributed by atoms with E-state index in [1.54, 1.807) is 0 Å². The van der Waals surface area contributed by atoms with Crippen LogP contribution >= 0.6 is 12.4 Å². The van der Waals surface area contributed by atoms with Crippen LogP contribution in [0.3, 0.4) is 0 Å². The third kappa shape index (κ3) is 2.23. The second kappa shape index (κ2) is 5.26. The van der Waals surface area contributed by atoms with E-state index in [1.165, 1.54) is 11.1 Å². The van der Waals surface area contributed by atoms with Crippen molar-refractivity contribution in [3.63, 3.8) is 0 Å². The number of fused-ring (bicyclic) bond motifs is 3. The highest BCUT2D eigenvalue weighted by molar-refractivity contribution is 5.85. The Kier molecular flexibility index (Phi) is 3.90. The van der Waals surface area contributed by atoms with Gasteiger partial charge in [0.2, 0.25) is 0 Å². The minimum atomic E-state index is 0. The van der Waals surface area contributed by atoms with Crippen molar-refractivity contribution in [2.24, 2.45) is 0 Å². The van der Waals surface area contributed by atoms with Gasteiger partial charge in [0.25, 0.3) is 0 Å². The molecule has 1 unspecified atom stereocenters.